The molecule has 0 heterocycles. The Balaban J connectivity index is 3.60. The van der Waals surface area contributed by atoms with E-state index >= 15 is 0 Å². The fourth-order valence-electron chi connectivity index (χ4n) is 1.64. The first-order valence-corrected chi connectivity index (χ1v) is 5.33. The van der Waals surface area contributed by atoms with Crippen LogP contribution in [0.15, 0.2) is 12.2 Å². The molecule has 0 saturated heterocycles. The fraction of sp³-hybridized carbons (Fsp3) is 0.833. The summed E-state index contributed by atoms with van der Waals surface area (Å²) < 4.78 is 0. The zero-order valence-electron chi connectivity index (χ0n) is 10.5. The Hall–Kier alpha value is -0.340. The molecular formula is C12H26N2. The largest absolute Gasteiger partial charge is 0.316 e. The quantitative estimate of drug-likeness (QED) is 0.498. The molecule has 0 atom stereocenters. The average Bonchev–Trinajstić information content (AvgIpc) is 1.95. The summed E-state index contributed by atoms with van der Waals surface area (Å²) in [6, 6.07) is 0. The lowest BCUT2D eigenvalue weighted by Crippen LogP contribution is -2.37. The standard InChI is InChI=1S/C12H26N2/c1-11(2)7-8-13-9-12(3,4)10-14(5)6/h13H,1,7-10H2,2-6H3. The van der Waals surface area contributed by atoms with Crippen LogP contribution in [-0.2, 0) is 0 Å². The van der Waals surface area contributed by atoms with Gasteiger partial charge in [0.15, 0.2) is 0 Å². The molecule has 0 fully saturated rings. The normalized spacial score (nSPS) is 12.1. The second kappa shape index (κ2) is 6.20. The summed E-state index contributed by atoms with van der Waals surface area (Å²) in [7, 11) is 4.24. The lowest BCUT2D eigenvalue weighted by molar-refractivity contribution is 0.233. The Morgan fingerprint density at radius 3 is 2.36 bits per heavy atom. The van der Waals surface area contributed by atoms with Gasteiger partial charge in [0, 0.05) is 13.1 Å². The summed E-state index contributed by atoms with van der Waals surface area (Å²) >= 11 is 0. The van der Waals surface area contributed by atoms with Gasteiger partial charge >= 0.3 is 0 Å². The van der Waals surface area contributed by atoms with Gasteiger partial charge in [-0.2, -0.15) is 0 Å². The third-order valence-electron chi connectivity index (χ3n) is 2.08. The highest BCUT2D eigenvalue weighted by Crippen LogP contribution is 2.13. The molecule has 0 spiro atoms. The second-order valence-corrected chi connectivity index (χ2v) is 5.29. The van der Waals surface area contributed by atoms with Crippen molar-refractivity contribution in [1.82, 2.24) is 10.2 Å². The van der Waals surface area contributed by atoms with Crippen molar-refractivity contribution in [3.8, 4) is 0 Å². The number of hydrogen-bond donors (Lipinski definition) is 1. The van der Waals surface area contributed by atoms with Crippen LogP contribution in [0.2, 0.25) is 0 Å². The predicted molar refractivity (Wildman–Crippen MR) is 64.6 cm³/mol. The molecule has 0 saturated carbocycles. The van der Waals surface area contributed by atoms with E-state index in [0.29, 0.717) is 5.41 Å². The number of hydrogen-bond acceptors (Lipinski definition) is 2. The van der Waals surface area contributed by atoms with Gasteiger partial charge in [0.05, 0.1) is 0 Å². The van der Waals surface area contributed by atoms with Gasteiger partial charge in [-0.15, -0.1) is 6.58 Å². The van der Waals surface area contributed by atoms with Crippen LogP contribution in [0.3, 0.4) is 0 Å². The molecule has 2 nitrogen and oxygen atoms in total. The van der Waals surface area contributed by atoms with Crippen molar-refractivity contribution in [2.75, 3.05) is 33.7 Å². The van der Waals surface area contributed by atoms with Crippen LogP contribution < -0.4 is 5.32 Å². The SMILES string of the molecule is C=C(C)CCNCC(C)(C)CN(C)C. The highest BCUT2D eigenvalue weighted by molar-refractivity contribution is 4.88. The highest BCUT2D eigenvalue weighted by Gasteiger charge is 2.17. The van der Waals surface area contributed by atoms with Gasteiger partial charge in [0.25, 0.3) is 0 Å². The third-order valence-corrected chi connectivity index (χ3v) is 2.08. The maximum Gasteiger partial charge on any atom is 0.00387 e. The lowest BCUT2D eigenvalue weighted by Gasteiger charge is -2.28. The topological polar surface area (TPSA) is 15.3 Å². The van der Waals surface area contributed by atoms with E-state index in [1.807, 2.05) is 0 Å². The van der Waals surface area contributed by atoms with Gasteiger partial charge in [0.2, 0.25) is 0 Å². The van der Waals surface area contributed by atoms with Crippen LogP contribution in [-0.4, -0.2) is 38.6 Å². The Bertz CT molecular complexity index is 171. The van der Waals surface area contributed by atoms with Gasteiger partial charge in [-0.3, -0.25) is 0 Å². The highest BCUT2D eigenvalue weighted by atomic mass is 15.1. The van der Waals surface area contributed by atoms with E-state index < -0.39 is 0 Å². The van der Waals surface area contributed by atoms with Crippen LogP contribution >= 0.6 is 0 Å². The van der Waals surface area contributed by atoms with E-state index in [1.165, 1.54) is 5.57 Å². The summed E-state index contributed by atoms with van der Waals surface area (Å²) in [5.74, 6) is 0. The monoisotopic (exact) mass is 198 g/mol. The maximum absolute atomic E-state index is 3.89. The molecule has 0 amide bonds. The van der Waals surface area contributed by atoms with Crippen molar-refractivity contribution in [3.05, 3.63) is 12.2 Å². The molecule has 0 bridgehead atoms. The predicted octanol–water partition coefficient (Wildman–Crippen LogP) is 2.13. The summed E-state index contributed by atoms with van der Waals surface area (Å²) in [5.41, 5.74) is 1.60. The first kappa shape index (κ1) is 13.7. The molecule has 84 valence electrons. The van der Waals surface area contributed by atoms with Crippen molar-refractivity contribution in [2.24, 2.45) is 5.41 Å². The van der Waals surface area contributed by atoms with E-state index in [-0.39, 0.29) is 0 Å². The molecule has 0 aromatic rings. The van der Waals surface area contributed by atoms with Crippen LogP contribution in [0, 0.1) is 5.41 Å². The second-order valence-electron chi connectivity index (χ2n) is 5.29. The minimum Gasteiger partial charge on any atom is -0.316 e. The van der Waals surface area contributed by atoms with Crippen molar-refractivity contribution in [1.29, 1.82) is 0 Å². The van der Waals surface area contributed by atoms with Gasteiger partial charge in [-0.05, 0) is 39.4 Å². The van der Waals surface area contributed by atoms with E-state index in [0.717, 1.165) is 26.1 Å². The summed E-state index contributed by atoms with van der Waals surface area (Å²) in [6.45, 7) is 13.8. The van der Waals surface area contributed by atoms with Crippen molar-refractivity contribution in [3.63, 3.8) is 0 Å². The Morgan fingerprint density at radius 1 is 1.36 bits per heavy atom. The van der Waals surface area contributed by atoms with Crippen molar-refractivity contribution >= 4 is 0 Å². The number of nitrogens with zero attached hydrogens (tertiary/aromatic N) is 1. The van der Waals surface area contributed by atoms with E-state index in [4.69, 9.17) is 0 Å². The molecule has 2 heteroatoms. The molecule has 0 rings (SSSR count). The molecule has 0 aliphatic rings. The molecule has 0 aliphatic carbocycles. The van der Waals surface area contributed by atoms with Crippen LogP contribution in [0.5, 0.6) is 0 Å². The van der Waals surface area contributed by atoms with E-state index in [9.17, 15) is 0 Å². The number of nitrogens with one attached hydrogen (secondary N) is 1. The Labute approximate surface area is 89.4 Å². The maximum atomic E-state index is 3.89. The van der Waals surface area contributed by atoms with Gasteiger partial charge < -0.3 is 10.2 Å². The molecule has 0 radical (unpaired) electrons. The zero-order valence-corrected chi connectivity index (χ0v) is 10.5. The lowest BCUT2D eigenvalue weighted by atomic mass is 9.93. The van der Waals surface area contributed by atoms with Gasteiger partial charge in [-0.1, -0.05) is 19.4 Å². The molecule has 0 aliphatic heterocycles. The minimum atomic E-state index is 0.346. The fourth-order valence-corrected chi connectivity index (χ4v) is 1.64. The average molecular weight is 198 g/mol. The molecule has 0 aromatic carbocycles. The number of rotatable bonds is 7. The zero-order chi connectivity index (χ0) is 11.2. The Kier molecular flexibility index (Phi) is 6.05. The first-order valence-electron chi connectivity index (χ1n) is 5.33. The van der Waals surface area contributed by atoms with E-state index in [2.05, 4.69) is 51.7 Å². The van der Waals surface area contributed by atoms with Crippen LogP contribution in [0.4, 0.5) is 0 Å². The van der Waals surface area contributed by atoms with Gasteiger partial charge in [-0.25, -0.2) is 0 Å². The van der Waals surface area contributed by atoms with Crippen molar-refractivity contribution in [2.45, 2.75) is 27.2 Å². The van der Waals surface area contributed by atoms with Crippen LogP contribution in [0.1, 0.15) is 27.2 Å². The summed E-state index contributed by atoms with van der Waals surface area (Å²) in [6.07, 6.45) is 1.08. The molecule has 0 aromatic heterocycles. The molecule has 0 unspecified atom stereocenters. The first-order chi connectivity index (χ1) is 6.33. The van der Waals surface area contributed by atoms with Crippen molar-refractivity contribution < 1.29 is 0 Å². The van der Waals surface area contributed by atoms with E-state index in [1.54, 1.807) is 0 Å². The van der Waals surface area contributed by atoms with Gasteiger partial charge in [0.1, 0.15) is 0 Å². The molecular weight excluding hydrogens is 172 g/mol. The van der Waals surface area contributed by atoms with Crippen LogP contribution in [0.25, 0.3) is 0 Å². The molecule has 1 N–H and O–H groups in total. The third kappa shape index (κ3) is 8.27. The minimum absolute atomic E-state index is 0.346. The summed E-state index contributed by atoms with van der Waals surface area (Å²) in [5, 5.41) is 3.47. The Morgan fingerprint density at radius 2 is 1.93 bits per heavy atom. The smallest absolute Gasteiger partial charge is 0.00387 e. The molecule has 14 heavy (non-hydrogen) atoms. The summed E-state index contributed by atoms with van der Waals surface area (Å²) in [4.78, 5) is 2.24.